The minimum Gasteiger partial charge on any atom is -0.455 e. The lowest BCUT2D eigenvalue weighted by Gasteiger charge is -2.28. The number of rotatable bonds is 3. The minimum atomic E-state index is -0.0216. The molecule has 1 aromatic heterocycles. The van der Waals surface area contributed by atoms with Crippen molar-refractivity contribution < 1.29 is 4.42 Å². The lowest BCUT2D eigenvalue weighted by molar-refractivity contribution is 0.660. The molecule has 0 atom stereocenters. The second-order valence-electron chi connectivity index (χ2n) is 18.2. The quantitative estimate of drug-likeness (QED) is 0.189. The van der Waals surface area contributed by atoms with E-state index in [1.807, 2.05) is 0 Å². The molecule has 0 N–H and O–H groups in total. The van der Waals surface area contributed by atoms with Gasteiger partial charge in [0.25, 0.3) is 0 Å². The Hall–Kier alpha value is -5.92. The standard InChI is InChI=1S/C51H42B8O/c1-51(2)33-13-6-5-12-29(33)31-21-25(15-18-34(31)51)24-9-7-10-26(20-24)36-38-40(44(54)48(58)46(56)42(38)52)37(41-39(36)43(53)47(57)49(59)45(41)55)27-16-19-35-32(22-27)30-17-14-23-8-3-4-11-28(23)50(30)60-35/h3-22H,52-59H2,1-2H3. The molecule has 0 saturated heterocycles. The van der Waals surface area contributed by atoms with Crippen molar-refractivity contribution in [3.05, 3.63) is 132 Å². The van der Waals surface area contributed by atoms with E-state index >= 15 is 0 Å². The van der Waals surface area contributed by atoms with Gasteiger partial charge in [-0.05, 0) is 113 Å². The van der Waals surface area contributed by atoms with Crippen LogP contribution in [0.4, 0.5) is 0 Å². The number of benzene rings is 9. The summed E-state index contributed by atoms with van der Waals surface area (Å²) in [7, 11) is 18.7. The predicted molar refractivity (Wildman–Crippen MR) is 286 cm³/mol. The number of hydrogen-bond acceptors (Lipinski definition) is 1. The number of fused-ring (bicyclic) bond motifs is 10. The summed E-state index contributed by atoms with van der Waals surface area (Å²) in [6.45, 7) is 4.72. The van der Waals surface area contributed by atoms with Gasteiger partial charge >= 0.3 is 0 Å². The van der Waals surface area contributed by atoms with Gasteiger partial charge in [0.1, 0.15) is 73.9 Å². The third-order valence-corrected chi connectivity index (χ3v) is 15.1. The summed E-state index contributed by atoms with van der Waals surface area (Å²) in [5, 5.41) is 10.1. The lowest BCUT2D eigenvalue weighted by atomic mass is 9.59. The molecular weight excluding hydrogens is 715 g/mol. The maximum Gasteiger partial charge on any atom is 0.143 e. The molecule has 60 heavy (non-hydrogen) atoms. The van der Waals surface area contributed by atoms with E-state index in [0.717, 1.165) is 27.3 Å². The monoisotopic (exact) mass is 758 g/mol. The molecule has 9 aromatic carbocycles. The van der Waals surface area contributed by atoms with Gasteiger partial charge in [-0.25, -0.2) is 0 Å². The molecular formula is C51H42B8O. The van der Waals surface area contributed by atoms with Crippen molar-refractivity contribution in [2.45, 2.75) is 19.3 Å². The van der Waals surface area contributed by atoms with Crippen LogP contribution >= 0.6 is 0 Å². The third-order valence-electron chi connectivity index (χ3n) is 15.1. The molecule has 1 aliphatic carbocycles. The Morgan fingerprint density at radius 2 is 0.917 bits per heavy atom. The minimum absolute atomic E-state index is 0.0216. The summed E-state index contributed by atoms with van der Waals surface area (Å²) in [4.78, 5) is 0. The van der Waals surface area contributed by atoms with Gasteiger partial charge in [0, 0.05) is 21.6 Å². The van der Waals surface area contributed by atoms with E-state index in [0.29, 0.717) is 0 Å². The fourth-order valence-electron chi connectivity index (χ4n) is 11.1. The Morgan fingerprint density at radius 1 is 0.383 bits per heavy atom. The lowest BCUT2D eigenvalue weighted by Crippen LogP contribution is -2.50. The van der Waals surface area contributed by atoms with E-state index in [-0.39, 0.29) is 5.41 Å². The molecule has 0 saturated carbocycles. The van der Waals surface area contributed by atoms with Gasteiger partial charge in [-0.3, -0.25) is 0 Å². The Morgan fingerprint density at radius 3 is 1.58 bits per heavy atom. The van der Waals surface area contributed by atoms with Gasteiger partial charge in [0.15, 0.2) is 0 Å². The van der Waals surface area contributed by atoms with Gasteiger partial charge in [0.05, 0.1) is 0 Å². The first-order chi connectivity index (χ1) is 28.9. The van der Waals surface area contributed by atoms with E-state index in [1.165, 1.54) is 126 Å². The molecule has 276 valence electrons. The first kappa shape index (κ1) is 37.1. The largest absolute Gasteiger partial charge is 0.455 e. The maximum atomic E-state index is 6.66. The maximum absolute atomic E-state index is 6.66. The average molecular weight is 757 g/mol. The molecule has 0 fully saturated rings. The highest BCUT2D eigenvalue weighted by Gasteiger charge is 2.35. The van der Waals surface area contributed by atoms with Crippen LogP contribution in [0.15, 0.2) is 126 Å². The van der Waals surface area contributed by atoms with Crippen LogP contribution in [-0.2, 0) is 5.41 Å². The molecule has 0 amide bonds. The van der Waals surface area contributed by atoms with Crippen LogP contribution in [0.2, 0.25) is 0 Å². The first-order valence-corrected chi connectivity index (χ1v) is 21.5. The van der Waals surface area contributed by atoms with Crippen molar-refractivity contribution in [2.24, 2.45) is 0 Å². The van der Waals surface area contributed by atoms with Crippen molar-refractivity contribution in [2.75, 3.05) is 0 Å². The van der Waals surface area contributed by atoms with Crippen LogP contribution in [0, 0.1) is 0 Å². The fraction of sp³-hybridized carbons (Fsp3) is 0.0588. The summed E-state index contributed by atoms with van der Waals surface area (Å²) in [6, 6.07) is 45.4. The van der Waals surface area contributed by atoms with Gasteiger partial charge in [-0.15, -0.1) is 21.9 Å². The van der Waals surface area contributed by atoms with Crippen LogP contribution in [0.3, 0.4) is 0 Å². The second kappa shape index (κ2) is 13.0. The molecule has 0 aliphatic heterocycles. The molecule has 1 heterocycles. The van der Waals surface area contributed by atoms with Crippen molar-refractivity contribution in [3.8, 4) is 44.5 Å². The zero-order valence-electron chi connectivity index (χ0n) is 36.5. The summed E-state index contributed by atoms with van der Waals surface area (Å²) >= 11 is 0. The zero-order valence-corrected chi connectivity index (χ0v) is 36.5. The highest BCUT2D eigenvalue weighted by Crippen LogP contribution is 2.50. The molecule has 0 bridgehead atoms. The van der Waals surface area contributed by atoms with E-state index in [4.69, 9.17) is 4.42 Å². The van der Waals surface area contributed by atoms with Crippen molar-refractivity contribution in [1.29, 1.82) is 0 Å². The molecule has 10 aromatic rings. The predicted octanol–water partition coefficient (Wildman–Crippen LogP) is 0.420. The first-order valence-electron chi connectivity index (χ1n) is 21.5. The Balaban J connectivity index is 1.24. The van der Waals surface area contributed by atoms with Crippen molar-refractivity contribution in [3.63, 3.8) is 0 Å². The summed E-state index contributed by atoms with van der Waals surface area (Å²) < 4.78 is 6.66. The second-order valence-corrected chi connectivity index (χ2v) is 18.2. The summed E-state index contributed by atoms with van der Waals surface area (Å²) in [6.07, 6.45) is 0. The van der Waals surface area contributed by atoms with Crippen LogP contribution in [0.25, 0.3) is 98.8 Å². The average Bonchev–Trinajstić information content (AvgIpc) is 3.76. The van der Waals surface area contributed by atoms with Gasteiger partial charge < -0.3 is 4.42 Å². The fourth-order valence-corrected chi connectivity index (χ4v) is 11.1. The van der Waals surface area contributed by atoms with Crippen LogP contribution in [-0.4, -0.2) is 62.8 Å². The molecule has 1 aliphatic rings. The zero-order chi connectivity index (χ0) is 41.5. The molecule has 1 nitrogen and oxygen atoms in total. The van der Waals surface area contributed by atoms with Crippen LogP contribution in [0.5, 0.6) is 0 Å². The highest BCUT2D eigenvalue weighted by molar-refractivity contribution is 6.71. The van der Waals surface area contributed by atoms with Crippen LogP contribution < -0.4 is 43.7 Å². The van der Waals surface area contributed by atoms with Crippen molar-refractivity contribution in [1.82, 2.24) is 0 Å². The molecule has 11 rings (SSSR count). The van der Waals surface area contributed by atoms with E-state index in [9.17, 15) is 0 Å². The summed E-state index contributed by atoms with van der Waals surface area (Å²) in [5.74, 6) is 0. The van der Waals surface area contributed by atoms with Crippen LogP contribution in [0.1, 0.15) is 25.0 Å². The van der Waals surface area contributed by atoms with Gasteiger partial charge in [-0.2, -0.15) is 0 Å². The Kier molecular flexibility index (Phi) is 8.06. The van der Waals surface area contributed by atoms with E-state index < -0.39 is 0 Å². The SMILES string of the molecule is Bc1c(B)c(B)c2c(-c3ccc4oc5c6ccccc6ccc5c4c3)c3c(B)c(B)c(B)c(B)c3c(-c3cccc(-c4ccc5c(c4)-c4ccccc4C5(C)C)c3)c2c1B. The Labute approximate surface area is 359 Å². The summed E-state index contributed by atoms with van der Waals surface area (Å²) in [5.41, 5.74) is 25.9. The number of furan rings is 1. The normalized spacial score (nSPS) is 13.2. The third kappa shape index (κ3) is 4.99. The molecule has 9 heteroatoms. The van der Waals surface area contributed by atoms with E-state index in [2.05, 4.69) is 198 Å². The topological polar surface area (TPSA) is 13.1 Å². The van der Waals surface area contributed by atoms with Gasteiger partial charge in [0.2, 0.25) is 0 Å². The van der Waals surface area contributed by atoms with E-state index in [1.54, 1.807) is 0 Å². The van der Waals surface area contributed by atoms with Crippen molar-refractivity contribution >= 4 is 161 Å². The molecule has 0 unspecified atom stereocenters. The highest BCUT2D eigenvalue weighted by atomic mass is 16.3. The van der Waals surface area contributed by atoms with Gasteiger partial charge in [-0.1, -0.05) is 127 Å². The number of hydrogen-bond donors (Lipinski definition) is 0. The molecule has 0 radical (unpaired) electrons. The Bertz CT molecular complexity index is 3480. The smallest absolute Gasteiger partial charge is 0.143 e. The molecule has 0 spiro atoms.